The normalized spacial score (nSPS) is 24.4. The van der Waals surface area contributed by atoms with E-state index in [1.165, 1.54) is 12.8 Å². The molecule has 2 rings (SSSR count). The zero-order valence-corrected chi connectivity index (χ0v) is 12.3. The third kappa shape index (κ3) is 3.65. The minimum atomic E-state index is 0.316. The summed E-state index contributed by atoms with van der Waals surface area (Å²) in [7, 11) is 1.80. The van der Waals surface area contributed by atoms with Crippen LogP contribution in [0.3, 0.4) is 0 Å². The molecule has 0 spiro atoms. The lowest BCUT2D eigenvalue weighted by atomic mass is 9.92. The number of ether oxygens (including phenoxy) is 1. The molecule has 0 amide bonds. The van der Waals surface area contributed by atoms with E-state index in [1.807, 2.05) is 0 Å². The number of aromatic nitrogens is 2. The van der Waals surface area contributed by atoms with E-state index in [0.717, 1.165) is 29.4 Å². The zero-order valence-electron chi connectivity index (χ0n) is 11.5. The number of hydrogen-bond donors (Lipinski definition) is 1. The molecule has 0 bridgehead atoms. The maximum absolute atomic E-state index is 5.54. The molecule has 1 heterocycles. The van der Waals surface area contributed by atoms with Gasteiger partial charge in [-0.15, -0.1) is 10.2 Å². The van der Waals surface area contributed by atoms with E-state index in [1.54, 1.807) is 18.4 Å². The van der Waals surface area contributed by atoms with Crippen molar-refractivity contribution in [2.75, 3.05) is 12.4 Å². The average molecular weight is 269 g/mol. The van der Waals surface area contributed by atoms with Crippen molar-refractivity contribution in [1.29, 1.82) is 0 Å². The van der Waals surface area contributed by atoms with E-state index < -0.39 is 0 Å². The third-order valence-electron chi connectivity index (χ3n) is 3.36. The van der Waals surface area contributed by atoms with Gasteiger partial charge >= 0.3 is 0 Å². The Bertz CT molecular complexity index is 367. The predicted octanol–water partition coefficient (Wildman–Crippen LogP) is 3.11. The fourth-order valence-electron chi connectivity index (χ4n) is 2.45. The molecule has 1 aromatic heterocycles. The van der Waals surface area contributed by atoms with E-state index in [0.29, 0.717) is 18.1 Å². The van der Waals surface area contributed by atoms with Gasteiger partial charge in [0.15, 0.2) is 0 Å². The summed E-state index contributed by atoms with van der Waals surface area (Å²) in [5, 5.41) is 14.0. The van der Waals surface area contributed by atoms with Gasteiger partial charge < -0.3 is 10.1 Å². The highest BCUT2D eigenvalue weighted by Crippen LogP contribution is 2.26. The second-order valence-electron chi connectivity index (χ2n) is 5.41. The van der Waals surface area contributed by atoms with E-state index in [4.69, 9.17) is 4.74 Å². The molecule has 1 aliphatic rings. The van der Waals surface area contributed by atoms with Crippen LogP contribution in [-0.4, -0.2) is 29.5 Å². The smallest absolute Gasteiger partial charge is 0.205 e. The summed E-state index contributed by atoms with van der Waals surface area (Å²) in [6.45, 7) is 4.41. The molecule has 2 atom stereocenters. The molecule has 5 heteroatoms. The van der Waals surface area contributed by atoms with Crippen LogP contribution >= 0.6 is 11.3 Å². The average Bonchev–Trinajstić information content (AvgIpc) is 2.76. The Kier molecular flexibility index (Phi) is 4.95. The molecule has 0 aromatic carbocycles. The van der Waals surface area contributed by atoms with Crippen LogP contribution in [0.15, 0.2) is 0 Å². The highest BCUT2D eigenvalue weighted by atomic mass is 32.1. The quantitative estimate of drug-likeness (QED) is 0.892. The fourth-order valence-corrected chi connectivity index (χ4v) is 3.46. The van der Waals surface area contributed by atoms with E-state index in [2.05, 4.69) is 29.4 Å². The number of anilines is 1. The fraction of sp³-hybridized carbons (Fsp3) is 0.846. The van der Waals surface area contributed by atoms with Crippen LogP contribution in [0.5, 0.6) is 0 Å². The van der Waals surface area contributed by atoms with Gasteiger partial charge in [-0.05, 0) is 18.8 Å². The van der Waals surface area contributed by atoms with E-state index >= 15 is 0 Å². The molecule has 18 heavy (non-hydrogen) atoms. The van der Waals surface area contributed by atoms with Gasteiger partial charge in [0.2, 0.25) is 5.13 Å². The Balaban J connectivity index is 1.93. The van der Waals surface area contributed by atoms with Crippen molar-refractivity contribution in [3.8, 4) is 0 Å². The second kappa shape index (κ2) is 6.48. The van der Waals surface area contributed by atoms with Crippen molar-refractivity contribution in [3.05, 3.63) is 5.01 Å². The standard InChI is InChI=1S/C13H23N3OS/c1-9(2)8-12-15-16-13(18-12)14-10-6-4-5-7-11(10)17-3/h9-11H,4-8H2,1-3H3,(H,14,16). The summed E-state index contributed by atoms with van der Waals surface area (Å²) < 4.78 is 5.54. The summed E-state index contributed by atoms with van der Waals surface area (Å²) in [6, 6.07) is 0.392. The van der Waals surface area contributed by atoms with Gasteiger partial charge in [0, 0.05) is 13.5 Å². The molecule has 0 aliphatic heterocycles. The number of methoxy groups -OCH3 is 1. The van der Waals surface area contributed by atoms with Gasteiger partial charge in [-0.25, -0.2) is 0 Å². The molecular weight excluding hydrogens is 246 g/mol. The molecule has 0 radical (unpaired) electrons. The van der Waals surface area contributed by atoms with Crippen molar-refractivity contribution in [2.24, 2.45) is 5.92 Å². The molecule has 2 unspecified atom stereocenters. The minimum absolute atomic E-state index is 0.316. The number of nitrogens with zero attached hydrogens (tertiary/aromatic N) is 2. The lowest BCUT2D eigenvalue weighted by Gasteiger charge is -2.30. The first-order valence-electron chi connectivity index (χ1n) is 6.80. The van der Waals surface area contributed by atoms with Crippen LogP contribution in [0.25, 0.3) is 0 Å². The Labute approximate surface area is 113 Å². The van der Waals surface area contributed by atoms with Crippen LogP contribution in [0.2, 0.25) is 0 Å². The van der Waals surface area contributed by atoms with Crippen molar-refractivity contribution >= 4 is 16.5 Å². The number of rotatable bonds is 5. The topological polar surface area (TPSA) is 47.0 Å². The molecular formula is C13H23N3OS. The van der Waals surface area contributed by atoms with Crippen molar-refractivity contribution in [1.82, 2.24) is 10.2 Å². The first-order valence-corrected chi connectivity index (χ1v) is 7.62. The highest BCUT2D eigenvalue weighted by Gasteiger charge is 2.25. The third-order valence-corrected chi connectivity index (χ3v) is 4.24. The molecule has 4 nitrogen and oxygen atoms in total. The summed E-state index contributed by atoms with van der Waals surface area (Å²) in [5.74, 6) is 0.632. The van der Waals surface area contributed by atoms with Gasteiger partial charge in [0.25, 0.3) is 0 Å². The first kappa shape index (κ1) is 13.7. The number of hydrogen-bond acceptors (Lipinski definition) is 5. The van der Waals surface area contributed by atoms with Crippen LogP contribution in [0.1, 0.15) is 44.5 Å². The van der Waals surface area contributed by atoms with Crippen molar-refractivity contribution in [2.45, 2.75) is 58.1 Å². The SMILES string of the molecule is COC1CCCCC1Nc1nnc(CC(C)C)s1. The van der Waals surface area contributed by atoms with Crippen molar-refractivity contribution < 1.29 is 4.74 Å². The van der Waals surface area contributed by atoms with Gasteiger partial charge in [-0.1, -0.05) is 38.0 Å². The zero-order chi connectivity index (χ0) is 13.0. The summed E-state index contributed by atoms with van der Waals surface area (Å²) in [6.07, 6.45) is 6.18. The summed E-state index contributed by atoms with van der Waals surface area (Å²) in [5.41, 5.74) is 0. The van der Waals surface area contributed by atoms with Gasteiger partial charge in [0.1, 0.15) is 5.01 Å². The Hall–Kier alpha value is -0.680. The van der Waals surface area contributed by atoms with Crippen molar-refractivity contribution in [3.63, 3.8) is 0 Å². The van der Waals surface area contributed by atoms with Gasteiger partial charge in [-0.3, -0.25) is 0 Å². The van der Waals surface area contributed by atoms with Crippen LogP contribution in [0.4, 0.5) is 5.13 Å². The first-order chi connectivity index (χ1) is 8.69. The maximum Gasteiger partial charge on any atom is 0.205 e. The van der Waals surface area contributed by atoms with Gasteiger partial charge in [-0.2, -0.15) is 0 Å². The summed E-state index contributed by atoms with van der Waals surface area (Å²) >= 11 is 1.68. The Morgan fingerprint density at radius 2 is 2.11 bits per heavy atom. The minimum Gasteiger partial charge on any atom is -0.379 e. The van der Waals surface area contributed by atoms with E-state index in [9.17, 15) is 0 Å². The van der Waals surface area contributed by atoms with Crippen LogP contribution in [-0.2, 0) is 11.2 Å². The summed E-state index contributed by atoms with van der Waals surface area (Å²) in [4.78, 5) is 0. The molecule has 1 aromatic rings. The van der Waals surface area contributed by atoms with Crippen LogP contribution in [0, 0.1) is 5.92 Å². The maximum atomic E-state index is 5.54. The monoisotopic (exact) mass is 269 g/mol. The Morgan fingerprint density at radius 3 is 2.83 bits per heavy atom. The Morgan fingerprint density at radius 1 is 1.33 bits per heavy atom. The number of nitrogens with one attached hydrogen (secondary N) is 1. The molecule has 102 valence electrons. The van der Waals surface area contributed by atoms with E-state index in [-0.39, 0.29) is 0 Å². The largest absolute Gasteiger partial charge is 0.379 e. The predicted molar refractivity (Wildman–Crippen MR) is 75.1 cm³/mol. The molecule has 0 saturated heterocycles. The lowest BCUT2D eigenvalue weighted by molar-refractivity contribution is 0.0606. The van der Waals surface area contributed by atoms with Crippen LogP contribution < -0.4 is 5.32 Å². The lowest BCUT2D eigenvalue weighted by Crippen LogP contribution is -2.37. The highest BCUT2D eigenvalue weighted by molar-refractivity contribution is 7.15. The van der Waals surface area contributed by atoms with Gasteiger partial charge in [0.05, 0.1) is 12.1 Å². The molecule has 1 fully saturated rings. The molecule has 1 aliphatic carbocycles. The molecule has 1 saturated carbocycles. The second-order valence-corrected chi connectivity index (χ2v) is 6.47. The molecule has 1 N–H and O–H groups in total.